The van der Waals surface area contributed by atoms with Gasteiger partial charge in [-0.25, -0.2) is 15.0 Å². The van der Waals surface area contributed by atoms with Gasteiger partial charge < -0.3 is 19.9 Å². The van der Waals surface area contributed by atoms with Gasteiger partial charge in [-0.2, -0.15) is 5.10 Å². The first-order valence-electron chi connectivity index (χ1n) is 10.7. The van der Waals surface area contributed by atoms with Crippen molar-refractivity contribution in [3.63, 3.8) is 0 Å². The number of rotatable bonds is 6. The van der Waals surface area contributed by atoms with Crippen molar-refractivity contribution in [2.75, 3.05) is 54.5 Å². The quantitative estimate of drug-likeness (QED) is 0.780. The monoisotopic (exact) mass is 398 g/mol. The van der Waals surface area contributed by atoms with Crippen molar-refractivity contribution in [1.29, 1.82) is 0 Å². The summed E-state index contributed by atoms with van der Waals surface area (Å²) in [4.78, 5) is 18.3. The highest BCUT2D eigenvalue weighted by molar-refractivity contribution is 5.51. The Morgan fingerprint density at radius 1 is 1.00 bits per heavy atom. The van der Waals surface area contributed by atoms with Gasteiger partial charge in [0.2, 0.25) is 5.95 Å². The molecule has 156 valence electrons. The first-order valence-corrected chi connectivity index (χ1v) is 10.7. The van der Waals surface area contributed by atoms with Crippen LogP contribution >= 0.6 is 0 Å². The maximum Gasteiger partial charge on any atom is 0.243 e. The Balaban J connectivity index is 1.43. The summed E-state index contributed by atoms with van der Waals surface area (Å²) in [6, 6.07) is 2.36. The van der Waals surface area contributed by atoms with Gasteiger partial charge in [0.15, 0.2) is 0 Å². The van der Waals surface area contributed by atoms with Crippen LogP contribution in [0.5, 0.6) is 0 Å². The predicted octanol–water partition coefficient (Wildman–Crippen LogP) is 1.70. The molecule has 0 saturated carbocycles. The molecule has 1 atom stereocenters. The number of hydrogen-bond acceptors (Lipinski definition) is 9. The standard InChI is InChI=1S/C20H30N8O/c1-3-16-17(4-2)25-26-20(24-16)23-15-6-5-7-28(13-15)19-12-18(21-14-22-19)27-8-10-29-11-9-27/h12,14-15H,3-11,13H2,1-2H3,(H,23,24,26). The summed E-state index contributed by atoms with van der Waals surface area (Å²) >= 11 is 0. The molecular formula is C20H30N8O. The van der Waals surface area contributed by atoms with Gasteiger partial charge >= 0.3 is 0 Å². The van der Waals surface area contributed by atoms with Gasteiger partial charge in [0.1, 0.15) is 18.0 Å². The SMILES string of the molecule is CCc1nnc(NC2CCCN(c3cc(N4CCOCC4)ncn3)C2)nc1CC. The van der Waals surface area contributed by atoms with Crippen LogP contribution in [0.4, 0.5) is 17.6 Å². The van der Waals surface area contributed by atoms with Gasteiger partial charge in [0, 0.05) is 38.3 Å². The summed E-state index contributed by atoms with van der Waals surface area (Å²) in [6.45, 7) is 9.29. The lowest BCUT2D eigenvalue weighted by Crippen LogP contribution is -2.43. The van der Waals surface area contributed by atoms with Crippen molar-refractivity contribution in [3.05, 3.63) is 23.8 Å². The van der Waals surface area contributed by atoms with E-state index in [9.17, 15) is 0 Å². The van der Waals surface area contributed by atoms with Crippen LogP contribution in [0.2, 0.25) is 0 Å². The molecule has 2 aliphatic heterocycles. The topological polar surface area (TPSA) is 92.2 Å². The number of morpholine rings is 1. The number of nitrogens with one attached hydrogen (secondary N) is 1. The number of piperidine rings is 1. The fourth-order valence-corrected chi connectivity index (χ4v) is 3.96. The zero-order chi connectivity index (χ0) is 20.1. The summed E-state index contributed by atoms with van der Waals surface area (Å²) in [6.07, 6.45) is 5.57. The van der Waals surface area contributed by atoms with Crippen molar-refractivity contribution >= 4 is 17.6 Å². The normalized spacial score (nSPS) is 20.0. The van der Waals surface area contributed by atoms with E-state index in [1.54, 1.807) is 6.33 Å². The molecule has 2 aliphatic rings. The van der Waals surface area contributed by atoms with E-state index in [0.717, 1.165) is 88.1 Å². The van der Waals surface area contributed by atoms with Crippen LogP contribution in [0.25, 0.3) is 0 Å². The Hall–Kier alpha value is -2.55. The lowest BCUT2D eigenvalue weighted by Gasteiger charge is -2.34. The smallest absolute Gasteiger partial charge is 0.243 e. The molecule has 0 aromatic carbocycles. The Kier molecular flexibility index (Phi) is 6.33. The first-order chi connectivity index (χ1) is 14.3. The number of aromatic nitrogens is 5. The summed E-state index contributed by atoms with van der Waals surface area (Å²) in [5, 5.41) is 12.1. The van der Waals surface area contributed by atoms with Crippen LogP contribution in [0.3, 0.4) is 0 Å². The van der Waals surface area contributed by atoms with Crippen LogP contribution in [-0.2, 0) is 17.6 Å². The molecule has 4 heterocycles. The van der Waals surface area contributed by atoms with E-state index in [0.29, 0.717) is 5.95 Å². The second-order valence-corrected chi connectivity index (χ2v) is 7.50. The second-order valence-electron chi connectivity index (χ2n) is 7.50. The molecular weight excluding hydrogens is 368 g/mol. The minimum atomic E-state index is 0.268. The molecule has 2 aromatic rings. The number of ether oxygens (including phenoxy) is 1. The highest BCUT2D eigenvalue weighted by Crippen LogP contribution is 2.23. The molecule has 0 aliphatic carbocycles. The fraction of sp³-hybridized carbons (Fsp3) is 0.650. The molecule has 29 heavy (non-hydrogen) atoms. The molecule has 2 saturated heterocycles. The summed E-state index contributed by atoms with van der Waals surface area (Å²) in [7, 11) is 0. The molecule has 0 amide bonds. The molecule has 0 radical (unpaired) electrons. The Morgan fingerprint density at radius 3 is 2.52 bits per heavy atom. The molecule has 2 aromatic heterocycles. The van der Waals surface area contributed by atoms with Crippen LogP contribution < -0.4 is 15.1 Å². The zero-order valence-corrected chi connectivity index (χ0v) is 17.3. The van der Waals surface area contributed by atoms with E-state index in [2.05, 4.69) is 60.2 Å². The Morgan fingerprint density at radius 2 is 1.76 bits per heavy atom. The van der Waals surface area contributed by atoms with E-state index in [4.69, 9.17) is 4.74 Å². The van der Waals surface area contributed by atoms with Gasteiger partial charge in [0.25, 0.3) is 0 Å². The van der Waals surface area contributed by atoms with Crippen molar-refractivity contribution in [2.45, 2.75) is 45.6 Å². The van der Waals surface area contributed by atoms with Crippen molar-refractivity contribution in [2.24, 2.45) is 0 Å². The third-order valence-corrected chi connectivity index (χ3v) is 5.56. The van der Waals surface area contributed by atoms with Gasteiger partial charge in [-0.1, -0.05) is 13.8 Å². The van der Waals surface area contributed by atoms with Crippen LogP contribution in [0, 0.1) is 0 Å². The predicted molar refractivity (Wildman–Crippen MR) is 113 cm³/mol. The van der Waals surface area contributed by atoms with E-state index >= 15 is 0 Å². The van der Waals surface area contributed by atoms with Gasteiger partial charge in [-0.05, 0) is 25.7 Å². The molecule has 1 N–H and O–H groups in total. The first kappa shape index (κ1) is 19.8. The summed E-state index contributed by atoms with van der Waals surface area (Å²) in [5.74, 6) is 2.58. The molecule has 9 heteroatoms. The lowest BCUT2D eigenvalue weighted by atomic mass is 10.1. The maximum absolute atomic E-state index is 5.45. The number of hydrogen-bond donors (Lipinski definition) is 1. The van der Waals surface area contributed by atoms with Gasteiger partial charge in [0.05, 0.1) is 24.6 Å². The Bertz CT molecular complexity index is 811. The molecule has 1 unspecified atom stereocenters. The minimum Gasteiger partial charge on any atom is -0.378 e. The maximum atomic E-state index is 5.45. The second kappa shape index (κ2) is 9.30. The zero-order valence-electron chi connectivity index (χ0n) is 17.3. The largest absolute Gasteiger partial charge is 0.378 e. The lowest BCUT2D eigenvalue weighted by molar-refractivity contribution is 0.122. The van der Waals surface area contributed by atoms with E-state index < -0.39 is 0 Å². The number of nitrogens with zero attached hydrogens (tertiary/aromatic N) is 7. The van der Waals surface area contributed by atoms with Crippen molar-refractivity contribution in [3.8, 4) is 0 Å². The van der Waals surface area contributed by atoms with E-state index in [-0.39, 0.29) is 6.04 Å². The van der Waals surface area contributed by atoms with E-state index in [1.807, 2.05) is 0 Å². The summed E-state index contributed by atoms with van der Waals surface area (Å²) < 4.78 is 5.45. The third kappa shape index (κ3) is 4.72. The van der Waals surface area contributed by atoms with Crippen LogP contribution in [0.15, 0.2) is 12.4 Å². The molecule has 4 rings (SSSR count). The fourth-order valence-electron chi connectivity index (χ4n) is 3.96. The van der Waals surface area contributed by atoms with Gasteiger partial charge in [-0.3, -0.25) is 0 Å². The molecule has 0 spiro atoms. The third-order valence-electron chi connectivity index (χ3n) is 5.56. The van der Waals surface area contributed by atoms with Crippen LogP contribution in [-0.4, -0.2) is 70.6 Å². The van der Waals surface area contributed by atoms with Crippen molar-refractivity contribution < 1.29 is 4.74 Å². The Labute approximate surface area is 171 Å². The number of aryl methyl sites for hydroxylation is 2. The average molecular weight is 399 g/mol. The highest BCUT2D eigenvalue weighted by Gasteiger charge is 2.23. The average Bonchev–Trinajstić information content (AvgIpc) is 2.80. The van der Waals surface area contributed by atoms with Crippen LogP contribution in [0.1, 0.15) is 38.1 Å². The molecule has 2 fully saturated rings. The molecule has 0 bridgehead atoms. The van der Waals surface area contributed by atoms with E-state index in [1.165, 1.54) is 0 Å². The minimum absolute atomic E-state index is 0.268. The molecule has 9 nitrogen and oxygen atoms in total. The summed E-state index contributed by atoms with van der Waals surface area (Å²) in [5.41, 5.74) is 2.02. The van der Waals surface area contributed by atoms with Crippen molar-refractivity contribution in [1.82, 2.24) is 25.1 Å². The number of anilines is 3. The van der Waals surface area contributed by atoms with Gasteiger partial charge in [-0.15, -0.1) is 5.10 Å². The highest BCUT2D eigenvalue weighted by atomic mass is 16.5.